The average Bonchev–Trinajstić information content (AvgIpc) is 3.29. The zero-order valence-electron chi connectivity index (χ0n) is 15.5. The van der Waals surface area contributed by atoms with Crippen LogP contribution in [0, 0.1) is 0 Å². The maximum atomic E-state index is 12.5. The summed E-state index contributed by atoms with van der Waals surface area (Å²) in [6, 6.07) is 15.6. The molecule has 0 radical (unpaired) electrons. The highest BCUT2D eigenvalue weighted by Crippen LogP contribution is 2.11. The van der Waals surface area contributed by atoms with E-state index < -0.39 is 0 Å². The topological polar surface area (TPSA) is 85.2 Å². The number of aromatic nitrogens is 4. The molecule has 1 N–H and O–H groups in total. The molecular formula is C20H22N6O2. The van der Waals surface area contributed by atoms with Crippen LogP contribution in [-0.4, -0.2) is 57.3 Å². The Bertz CT molecular complexity index is 905. The van der Waals surface area contributed by atoms with Gasteiger partial charge in [0, 0.05) is 31.7 Å². The number of ether oxygens (including phenoxy) is 1. The van der Waals surface area contributed by atoms with Crippen LogP contribution in [0.25, 0.3) is 5.69 Å². The fourth-order valence-electron chi connectivity index (χ4n) is 3.13. The van der Waals surface area contributed by atoms with Crippen molar-refractivity contribution in [3.63, 3.8) is 0 Å². The summed E-state index contributed by atoms with van der Waals surface area (Å²) in [4.78, 5) is 14.9. The van der Waals surface area contributed by atoms with Crippen molar-refractivity contribution in [2.24, 2.45) is 0 Å². The van der Waals surface area contributed by atoms with Gasteiger partial charge in [-0.05, 0) is 39.8 Å². The number of hydrogen-bond donors (Lipinski definition) is 1. The van der Waals surface area contributed by atoms with E-state index in [9.17, 15) is 4.79 Å². The number of carbonyl (C=O) groups is 1. The molecule has 0 atom stereocenters. The second-order valence-corrected chi connectivity index (χ2v) is 6.69. The molecule has 0 bridgehead atoms. The Morgan fingerprint density at radius 2 is 1.86 bits per heavy atom. The summed E-state index contributed by atoms with van der Waals surface area (Å²) in [6.45, 7) is 4.96. The van der Waals surface area contributed by atoms with Gasteiger partial charge in [0.15, 0.2) is 0 Å². The molecule has 1 fully saturated rings. The summed E-state index contributed by atoms with van der Waals surface area (Å²) >= 11 is 0. The Morgan fingerprint density at radius 3 is 2.61 bits per heavy atom. The average molecular weight is 378 g/mol. The molecule has 1 saturated heterocycles. The number of rotatable bonds is 6. The molecule has 144 valence electrons. The Morgan fingerprint density at radius 1 is 1.07 bits per heavy atom. The highest BCUT2D eigenvalue weighted by atomic mass is 16.5. The molecule has 2 heterocycles. The lowest BCUT2D eigenvalue weighted by molar-refractivity contribution is 0.0342. The van der Waals surface area contributed by atoms with Gasteiger partial charge in [0.1, 0.15) is 6.33 Å². The Balaban J connectivity index is 1.32. The van der Waals surface area contributed by atoms with Crippen LogP contribution in [0.3, 0.4) is 0 Å². The van der Waals surface area contributed by atoms with E-state index in [1.165, 1.54) is 16.6 Å². The highest BCUT2D eigenvalue weighted by molar-refractivity contribution is 5.94. The Kier molecular flexibility index (Phi) is 5.69. The van der Waals surface area contributed by atoms with Gasteiger partial charge < -0.3 is 10.1 Å². The quantitative estimate of drug-likeness (QED) is 0.698. The molecule has 1 aliphatic heterocycles. The van der Waals surface area contributed by atoms with Gasteiger partial charge in [-0.3, -0.25) is 9.69 Å². The van der Waals surface area contributed by atoms with E-state index >= 15 is 0 Å². The normalized spacial score (nSPS) is 14.7. The van der Waals surface area contributed by atoms with Gasteiger partial charge in [0.25, 0.3) is 5.91 Å². The van der Waals surface area contributed by atoms with Crippen LogP contribution in [-0.2, 0) is 17.8 Å². The summed E-state index contributed by atoms with van der Waals surface area (Å²) in [7, 11) is 0. The summed E-state index contributed by atoms with van der Waals surface area (Å²) < 4.78 is 6.90. The first-order chi connectivity index (χ1) is 13.8. The first-order valence-electron chi connectivity index (χ1n) is 9.27. The smallest absolute Gasteiger partial charge is 0.251 e. The monoisotopic (exact) mass is 378 g/mol. The van der Waals surface area contributed by atoms with Gasteiger partial charge >= 0.3 is 0 Å². The molecule has 8 heteroatoms. The van der Waals surface area contributed by atoms with Crippen molar-refractivity contribution in [1.82, 2.24) is 30.4 Å². The second-order valence-electron chi connectivity index (χ2n) is 6.69. The predicted molar refractivity (Wildman–Crippen MR) is 103 cm³/mol. The SMILES string of the molecule is O=C(NCc1ccc(CN2CCOCC2)cc1)c1cccc(-n2cnnn2)c1. The first kappa shape index (κ1) is 18.3. The van der Waals surface area contributed by atoms with Gasteiger partial charge in [-0.15, -0.1) is 5.10 Å². The Hall–Kier alpha value is -3.10. The first-order valence-corrected chi connectivity index (χ1v) is 9.27. The number of amides is 1. The van der Waals surface area contributed by atoms with Crippen molar-refractivity contribution in [3.8, 4) is 5.69 Å². The van der Waals surface area contributed by atoms with Crippen molar-refractivity contribution in [3.05, 3.63) is 71.5 Å². The van der Waals surface area contributed by atoms with Gasteiger partial charge in [0.2, 0.25) is 0 Å². The van der Waals surface area contributed by atoms with Crippen LogP contribution in [0.4, 0.5) is 0 Å². The van der Waals surface area contributed by atoms with E-state index in [4.69, 9.17) is 4.74 Å². The predicted octanol–water partition coefficient (Wildman–Crippen LogP) is 1.42. The van der Waals surface area contributed by atoms with E-state index in [0.29, 0.717) is 12.1 Å². The summed E-state index contributed by atoms with van der Waals surface area (Å²) in [5, 5.41) is 14.0. The second kappa shape index (κ2) is 8.73. The van der Waals surface area contributed by atoms with Crippen molar-refractivity contribution in [2.45, 2.75) is 13.1 Å². The van der Waals surface area contributed by atoms with Crippen molar-refractivity contribution < 1.29 is 9.53 Å². The standard InChI is InChI=1S/C20H22N6O2/c27-20(18-2-1-3-19(12-18)26-15-22-23-24-26)21-13-16-4-6-17(7-5-16)14-25-8-10-28-11-9-25/h1-7,12,15H,8-11,13-14H2,(H,21,27). The van der Waals surface area contributed by atoms with Crippen LogP contribution >= 0.6 is 0 Å². The molecule has 2 aromatic carbocycles. The zero-order chi connectivity index (χ0) is 19.2. The van der Waals surface area contributed by atoms with E-state index in [0.717, 1.165) is 44.1 Å². The fourth-order valence-corrected chi connectivity index (χ4v) is 3.13. The maximum Gasteiger partial charge on any atom is 0.251 e. The molecule has 1 amide bonds. The van der Waals surface area contributed by atoms with Crippen molar-refractivity contribution >= 4 is 5.91 Å². The molecule has 3 aromatic rings. The third kappa shape index (κ3) is 4.59. The van der Waals surface area contributed by atoms with Crippen LogP contribution in [0.1, 0.15) is 21.5 Å². The van der Waals surface area contributed by atoms with Crippen molar-refractivity contribution in [2.75, 3.05) is 26.3 Å². The molecule has 0 saturated carbocycles. The Labute approximate surface area is 163 Å². The lowest BCUT2D eigenvalue weighted by atomic mass is 10.1. The van der Waals surface area contributed by atoms with Crippen LogP contribution < -0.4 is 5.32 Å². The van der Waals surface area contributed by atoms with E-state index in [1.807, 2.05) is 12.1 Å². The molecule has 0 spiro atoms. The molecule has 8 nitrogen and oxygen atoms in total. The van der Waals surface area contributed by atoms with Crippen LogP contribution in [0.15, 0.2) is 54.9 Å². The number of carbonyl (C=O) groups excluding carboxylic acids is 1. The van der Waals surface area contributed by atoms with Crippen molar-refractivity contribution in [1.29, 1.82) is 0 Å². The summed E-state index contributed by atoms with van der Waals surface area (Å²) in [6.07, 6.45) is 1.50. The molecule has 4 rings (SSSR count). The molecule has 0 unspecified atom stereocenters. The van der Waals surface area contributed by atoms with Gasteiger partial charge in [0.05, 0.1) is 18.9 Å². The minimum Gasteiger partial charge on any atom is -0.379 e. The maximum absolute atomic E-state index is 12.5. The molecule has 1 aromatic heterocycles. The minimum absolute atomic E-state index is 0.132. The lowest BCUT2D eigenvalue weighted by Crippen LogP contribution is -2.35. The molecule has 0 aliphatic carbocycles. The third-order valence-electron chi connectivity index (χ3n) is 4.71. The molecule has 1 aliphatic rings. The summed E-state index contributed by atoms with van der Waals surface area (Å²) in [5.74, 6) is -0.132. The molecule has 28 heavy (non-hydrogen) atoms. The number of nitrogens with zero attached hydrogens (tertiary/aromatic N) is 5. The number of morpholine rings is 1. The molecular weight excluding hydrogens is 356 g/mol. The summed E-state index contributed by atoms with van der Waals surface area (Å²) in [5.41, 5.74) is 3.64. The van der Waals surface area contributed by atoms with Crippen LogP contribution in [0.2, 0.25) is 0 Å². The largest absolute Gasteiger partial charge is 0.379 e. The number of hydrogen-bond acceptors (Lipinski definition) is 6. The number of tetrazole rings is 1. The minimum atomic E-state index is -0.132. The van der Waals surface area contributed by atoms with Crippen LogP contribution in [0.5, 0.6) is 0 Å². The van der Waals surface area contributed by atoms with Gasteiger partial charge in [-0.25, -0.2) is 4.68 Å². The van der Waals surface area contributed by atoms with Gasteiger partial charge in [-0.2, -0.15) is 0 Å². The van der Waals surface area contributed by atoms with Gasteiger partial charge in [-0.1, -0.05) is 30.3 Å². The third-order valence-corrected chi connectivity index (χ3v) is 4.71. The van der Waals surface area contributed by atoms with E-state index in [1.54, 1.807) is 12.1 Å². The number of benzene rings is 2. The zero-order valence-corrected chi connectivity index (χ0v) is 15.5. The lowest BCUT2D eigenvalue weighted by Gasteiger charge is -2.26. The van der Waals surface area contributed by atoms with E-state index in [2.05, 4.69) is 50.0 Å². The van der Waals surface area contributed by atoms with E-state index in [-0.39, 0.29) is 5.91 Å². The number of nitrogens with one attached hydrogen (secondary N) is 1. The highest BCUT2D eigenvalue weighted by Gasteiger charge is 2.11. The fraction of sp³-hybridized carbons (Fsp3) is 0.300.